The largest absolute Gasteiger partial charge is 0.481 e. The summed E-state index contributed by atoms with van der Waals surface area (Å²) in [6, 6.07) is 6.27. The number of aromatic carboxylic acids is 1. The second-order valence-corrected chi connectivity index (χ2v) is 5.94. The standard InChI is InChI=1S/C9H10O3.C8H17NO2/c1-6(10)7-3-2-4-8(5-7)9(11)12;1-6(2)3-7(5-9)4-8(10)11/h2-6,10H,1H3,(H,11,12);6-7H,3-5,9H2,1-2H3,(H,10,11)/t;7-/m.0/s1. The van der Waals surface area contributed by atoms with Crippen molar-refractivity contribution in [1.29, 1.82) is 0 Å². The maximum absolute atomic E-state index is 10.5. The molecule has 1 rings (SSSR count). The van der Waals surface area contributed by atoms with E-state index in [1.54, 1.807) is 19.1 Å². The van der Waals surface area contributed by atoms with Crippen molar-refractivity contribution in [2.75, 3.05) is 6.54 Å². The van der Waals surface area contributed by atoms with Crippen LogP contribution in [0.4, 0.5) is 0 Å². The lowest BCUT2D eigenvalue weighted by atomic mass is 9.94. The minimum absolute atomic E-state index is 0.146. The SMILES string of the molecule is CC(C)C[C@H](CN)CC(=O)O.CC(O)c1cccc(C(=O)O)c1. The van der Waals surface area contributed by atoms with Crippen LogP contribution in [-0.2, 0) is 4.79 Å². The van der Waals surface area contributed by atoms with Gasteiger partial charge in [-0.3, -0.25) is 4.79 Å². The molecule has 0 fully saturated rings. The van der Waals surface area contributed by atoms with Gasteiger partial charge in [-0.15, -0.1) is 0 Å². The molecule has 0 amide bonds. The molecule has 23 heavy (non-hydrogen) atoms. The number of carboxylic acids is 2. The Kier molecular flexibility index (Phi) is 9.85. The van der Waals surface area contributed by atoms with Crippen LogP contribution in [0.2, 0.25) is 0 Å². The Balaban J connectivity index is 0.000000423. The van der Waals surface area contributed by atoms with E-state index in [2.05, 4.69) is 13.8 Å². The van der Waals surface area contributed by atoms with Crippen molar-refractivity contribution < 1.29 is 24.9 Å². The van der Waals surface area contributed by atoms with E-state index in [4.69, 9.17) is 21.1 Å². The number of rotatable bonds is 7. The summed E-state index contributed by atoms with van der Waals surface area (Å²) in [7, 11) is 0. The van der Waals surface area contributed by atoms with E-state index in [1.807, 2.05) is 0 Å². The normalized spacial score (nSPS) is 13.0. The van der Waals surface area contributed by atoms with Gasteiger partial charge in [0.1, 0.15) is 0 Å². The zero-order chi connectivity index (χ0) is 18.0. The van der Waals surface area contributed by atoms with E-state index < -0.39 is 18.0 Å². The summed E-state index contributed by atoms with van der Waals surface area (Å²) in [5.41, 5.74) is 6.23. The van der Waals surface area contributed by atoms with Crippen LogP contribution in [0.25, 0.3) is 0 Å². The number of hydrogen-bond acceptors (Lipinski definition) is 4. The highest BCUT2D eigenvalue weighted by Gasteiger charge is 2.12. The van der Waals surface area contributed by atoms with Gasteiger partial charge >= 0.3 is 11.9 Å². The first-order chi connectivity index (χ1) is 10.7. The molecule has 1 aromatic rings. The molecule has 2 atom stereocenters. The molecule has 0 saturated heterocycles. The third-order valence-electron chi connectivity index (χ3n) is 3.22. The van der Waals surface area contributed by atoms with Crippen LogP contribution in [0, 0.1) is 11.8 Å². The fraction of sp³-hybridized carbons (Fsp3) is 0.529. The molecule has 0 aliphatic rings. The second kappa shape index (κ2) is 10.7. The number of benzene rings is 1. The predicted octanol–water partition coefficient (Wildman–Crippen LogP) is 2.52. The molecule has 0 aromatic heterocycles. The Bertz CT molecular complexity index is 500. The van der Waals surface area contributed by atoms with E-state index in [9.17, 15) is 9.59 Å². The Morgan fingerprint density at radius 2 is 1.78 bits per heavy atom. The molecule has 0 radical (unpaired) electrons. The first-order valence-corrected chi connectivity index (χ1v) is 7.60. The topological polar surface area (TPSA) is 121 Å². The summed E-state index contributed by atoms with van der Waals surface area (Å²) in [5.74, 6) is -1.05. The summed E-state index contributed by atoms with van der Waals surface area (Å²) in [4.78, 5) is 20.8. The van der Waals surface area contributed by atoms with E-state index in [1.165, 1.54) is 12.1 Å². The Labute approximate surface area is 136 Å². The first-order valence-electron chi connectivity index (χ1n) is 7.60. The van der Waals surface area contributed by atoms with Crippen molar-refractivity contribution in [3.63, 3.8) is 0 Å². The summed E-state index contributed by atoms with van der Waals surface area (Å²) < 4.78 is 0. The van der Waals surface area contributed by atoms with Crippen LogP contribution in [0.3, 0.4) is 0 Å². The summed E-state index contributed by atoms with van der Waals surface area (Å²) in [6.45, 7) is 6.22. The summed E-state index contributed by atoms with van der Waals surface area (Å²) >= 11 is 0. The van der Waals surface area contributed by atoms with E-state index in [0.29, 0.717) is 18.0 Å². The average molecular weight is 325 g/mol. The number of carboxylic acid groups (broad SMARTS) is 2. The van der Waals surface area contributed by atoms with Crippen molar-refractivity contribution in [2.45, 2.75) is 39.7 Å². The third-order valence-corrected chi connectivity index (χ3v) is 3.22. The maximum atomic E-state index is 10.5. The molecule has 0 bridgehead atoms. The molecule has 1 unspecified atom stereocenters. The van der Waals surface area contributed by atoms with E-state index in [0.717, 1.165) is 6.42 Å². The monoisotopic (exact) mass is 325 g/mol. The highest BCUT2D eigenvalue weighted by atomic mass is 16.4. The van der Waals surface area contributed by atoms with Gasteiger partial charge in [-0.1, -0.05) is 26.0 Å². The molecular formula is C17H27NO5. The number of carbonyl (C=O) groups is 2. The van der Waals surface area contributed by atoms with Gasteiger partial charge in [0.05, 0.1) is 11.7 Å². The Morgan fingerprint density at radius 3 is 2.17 bits per heavy atom. The zero-order valence-corrected chi connectivity index (χ0v) is 13.9. The molecule has 6 heteroatoms. The lowest BCUT2D eigenvalue weighted by Gasteiger charge is -2.13. The molecule has 0 spiro atoms. The van der Waals surface area contributed by atoms with Crippen molar-refractivity contribution in [2.24, 2.45) is 17.6 Å². The first kappa shape index (κ1) is 21.1. The van der Waals surface area contributed by atoms with E-state index in [-0.39, 0.29) is 17.9 Å². The Morgan fingerprint density at radius 1 is 1.17 bits per heavy atom. The smallest absolute Gasteiger partial charge is 0.335 e. The number of aliphatic hydroxyl groups excluding tert-OH is 1. The molecule has 5 N–H and O–H groups in total. The third kappa shape index (κ3) is 9.65. The quantitative estimate of drug-likeness (QED) is 0.611. The fourth-order valence-electron chi connectivity index (χ4n) is 2.11. The number of hydrogen-bond donors (Lipinski definition) is 4. The summed E-state index contributed by atoms with van der Waals surface area (Å²) in [6.07, 6.45) is 0.488. The van der Waals surface area contributed by atoms with Gasteiger partial charge in [0.25, 0.3) is 0 Å². The van der Waals surface area contributed by atoms with Crippen LogP contribution >= 0.6 is 0 Å². The fourth-order valence-corrected chi connectivity index (χ4v) is 2.11. The molecule has 0 aliphatic heterocycles. The lowest BCUT2D eigenvalue weighted by molar-refractivity contribution is -0.138. The van der Waals surface area contributed by atoms with E-state index >= 15 is 0 Å². The van der Waals surface area contributed by atoms with Crippen LogP contribution in [0.5, 0.6) is 0 Å². The molecule has 6 nitrogen and oxygen atoms in total. The van der Waals surface area contributed by atoms with Gasteiger partial charge in [0.2, 0.25) is 0 Å². The maximum Gasteiger partial charge on any atom is 0.335 e. The lowest BCUT2D eigenvalue weighted by Crippen LogP contribution is -2.19. The van der Waals surface area contributed by atoms with Gasteiger partial charge in [0, 0.05) is 6.42 Å². The predicted molar refractivity (Wildman–Crippen MR) is 88.3 cm³/mol. The van der Waals surface area contributed by atoms with Crippen LogP contribution in [0.1, 0.15) is 55.6 Å². The minimum atomic E-state index is -0.975. The van der Waals surface area contributed by atoms with Crippen molar-refractivity contribution >= 4 is 11.9 Å². The zero-order valence-electron chi connectivity index (χ0n) is 13.9. The van der Waals surface area contributed by atoms with Gasteiger partial charge in [-0.2, -0.15) is 0 Å². The van der Waals surface area contributed by atoms with Crippen LogP contribution in [-0.4, -0.2) is 33.8 Å². The summed E-state index contributed by atoms with van der Waals surface area (Å²) in [5, 5.41) is 26.2. The van der Waals surface area contributed by atoms with Crippen molar-refractivity contribution in [3.8, 4) is 0 Å². The van der Waals surface area contributed by atoms with Gasteiger partial charge in [-0.05, 0) is 49.4 Å². The number of nitrogens with two attached hydrogens (primary N) is 1. The van der Waals surface area contributed by atoms with Gasteiger partial charge in [0.15, 0.2) is 0 Å². The highest BCUT2D eigenvalue weighted by Crippen LogP contribution is 2.14. The molecule has 0 heterocycles. The number of aliphatic carboxylic acids is 1. The average Bonchev–Trinajstić information content (AvgIpc) is 2.46. The highest BCUT2D eigenvalue weighted by molar-refractivity contribution is 5.87. The molecule has 1 aromatic carbocycles. The molecular weight excluding hydrogens is 298 g/mol. The van der Waals surface area contributed by atoms with Crippen LogP contribution in [0.15, 0.2) is 24.3 Å². The molecule has 130 valence electrons. The molecule has 0 aliphatic carbocycles. The van der Waals surface area contributed by atoms with Crippen molar-refractivity contribution in [1.82, 2.24) is 0 Å². The Hall–Kier alpha value is -1.92. The molecule has 0 saturated carbocycles. The van der Waals surface area contributed by atoms with Crippen LogP contribution < -0.4 is 5.73 Å². The van der Waals surface area contributed by atoms with Gasteiger partial charge in [-0.25, -0.2) is 4.79 Å². The van der Waals surface area contributed by atoms with Gasteiger partial charge < -0.3 is 21.1 Å². The number of aliphatic hydroxyl groups is 1. The van der Waals surface area contributed by atoms with Crippen molar-refractivity contribution in [3.05, 3.63) is 35.4 Å². The minimum Gasteiger partial charge on any atom is -0.481 e. The second-order valence-electron chi connectivity index (χ2n) is 5.94.